The number of carbonyl (C=O) groups excluding carboxylic acids is 2. The van der Waals surface area contributed by atoms with Gasteiger partial charge < -0.3 is 9.80 Å². The lowest BCUT2D eigenvalue weighted by atomic mass is 9.96. The number of likely N-dealkylation sites (tertiary alicyclic amines) is 1. The first-order chi connectivity index (χ1) is 14.2. The topological polar surface area (TPSA) is 45.6 Å². The van der Waals surface area contributed by atoms with E-state index in [0.717, 1.165) is 61.0 Å². The van der Waals surface area contributed by atoms with Crippen molar-refractivity contribution in [2.24, 2.45) is 0 Å². The van der Waals surface area contributed by atoms with E-state index in [2.05, 4.69) is 4.90 Å². The van der Waals surface area contributed by atoms with Gasteiger partial charge in [-0.05, 0) is 66.9 Å². The van der Waals surface area contributed by atoms with Gasteiger partial charge in [-0.15, -0.1) is 0 Å². The summed E-state index contributed by atoms with van der Waals surface area (Å²) in [7, 11) is 0. The molecule has 2 aliphatic heterocycles. The van der Waals surface area contributed by atoms with Crippen LogP contribution in [-0.2, 0) is 6.42 Å². The molecule has 1 amide bonds. The molecule has 0 aliphatic carbocycles. The minimum Gasteiger partial charge on any atom is -0.337 e. The fourth-order valence-corrected chi connectivity index (χ4v) is 4.50. The number of benzene rings is 2. The number of rotatable bonds is 4. The van der Waals surface area contributed by atoms with Gasteiger partial charge in [0.05, 0.1) is 0 Å². The Bertz CT molecular complexity index is 1050. The Morgan fingerprint density at radius 3 is 2.34 bits per heavy atom. The molecule has 3 heterocycles. The van der Waals surface area contributed by atoms with Gasteiger partial charge in [0.1, 0.15) is 0 Å². The summed E-state index contributed by atoms with van der Waals surface area (Å²) in [6, 6.07) is 13.5. The third-order valence-electron chi connectivity index (χ3n) is 6.19. The van der Waals surface area contributed by atoms with Crippen molar-refractivity contribution in [3.05, 3.63) is 71.5 Å². The first-order valence-corrected chi connectivity index (χ1v) is 10.4. The Morgan fingerprint density at radius 1 is 0.897 bits per heavy atom. The largest absolute Gasteiger partial charge is 0.337 e. The lowest BCUT2D eigenvalue weighted by molar-refractivity contribution is 0.0723. The van der Waals surface area contributed by atoms with Crippen LogP contribution in [-0.4, -0.2) is 58.9 Å². The Labute approximate surface area is 170 Å². The predicted octanol–water partition coefficient (Wildman–Crippen LogP) is 3.42. The molecule has 148 valence electrons. The molecule has 1 saturated heterocycles. The molecule has 3 aromatic rings. The van der Waals surface area contributed by atoms with Crippen molar-refractivity contribution in [3.63, 3.8) is 0 Å². The van der Waals surface area contributed by atoms with Crippen LogP contribution >= 0.6 is 0 Å². The molecular formula is C24H25N3O2. The molecular weight excluding hydrogens is 362 g/mol. The van der Waals surface area contributed by atoms with Crippen molar-refractivity contribution in [1.29, 1.82) is 0 Å². The smallest absolute Gasteiger partial charge is 0.261 e. The molecule has 0 unspecified atom stereocenters. The van der Waals surface area contributed by atoms with Gasteiger partial charge in [-0.1, -0.05) is 24.3 Å². The SMILES string of the molecule is O=C1c2ccc(C(=O)n3cc4ccccc4c3)cc2CCN1CCN1CCCC1. The summed E-state index contributed by atoms with van der Waals surface area (Å²) in [5.74, 6) is 0.0315. The zero-order valence-corrected chi connectivity index (χ0v) is 16.5. The van der Waals surface area contributed by atoms with E-state index in [1.807, 2.05) is 53.7 Å². The standard InChI is InChI=1S/C24H25N3O2/c28-23(27-16-20-5-1-2-6-21(20)17-27)19-7-8-22-18(15-19)9-12-26(24(22)29)14-13-25-10-3-4-11-25/h1-2,5-8,15-17H,3-4,9-14H2. The van der Waals surface area contributed by atoms with Crippen molar-refractivity contribution in [2.45, 2.75) is 19.3 Å². The van der Waals surface area contributed by atoms with E-state index in [9.17, 15) is 9.59 Å². The van der Waals surface area contributed by atoms with E-state index >= 15 is 0 Å². The number of carbonyl (C=O) groups is 2. The second-order valence-electron chi connectivity index (χ2n) is 8.06. The summed E-state index contributed by atoms with van der Waals surface area (Å²) in [6.07, 6.45) is 7.07. The normalized spacial score (nSPS) is 17.1. The first-order valence-electron chi connectivity index (χ1n) is 10.4. The maximum Gasteiger partial charge on any atom is 0.261 e. The minimum absolute atomic E-state index is 0.0621. The molecule has 1 fully saturated rings. The van der Waals surface area contributed by atoms with Gasteiger partial charge in [0.25, 0.3) is 11.8 Å². The number of hydrogen-bond donors (Lipinski definition) is 0. The van der Waals surface area contributed by atoms with E-state index in [4.69, 9.17) is 0 Å². The van der Waals surface area contributed by atoms with Gasteiger partial charge in [-0.25, -0.2) is 0 Å². The third-order valence-corrected chi connectivity index (χ3v) is 6.19. The molecule has 0 atom stereocenters. The molecule has 5 heteroatoms. The van der Waals surface area contributed by atoms with Crippen LogP contribution in [0.15, 0.2) is 54.9 Å². The van der Waals surface area contributed by atoms with Gasteiger partial charge in [-0.3, -0.25) is 14.2 Å². The fraction of sp³-hybridized carbons (Fsp3) is 0.333. The number of amides is 1. The van der Waals surface area contributed by atoms with Crippen LogP contribution in [0.3, 0.4) is 0 Å². The highest BCUT2D eigenvalue weighted by atomic mass is 16.2. The molecule has 0 radical (unpaired) electrons. The van der Waals surface area contributed by atoms with Crippen LogP contribution in [0.1, 0.15) is 39.1 Å². The number of nitrogens with zero attached hydrogens (tertiary/aromatic N) is 3. The molecule has 2 aromatic carbocycles. The van der Waals surface area contributed by atoms with Crippen LogP contribution in [0.25, 0.3) is 10.8 Å². The first kappa shape index (κ1) is 18.1. The van der Waals surface area contributed by atoms with Crippen LogP contribution in [0.4, 0.5) is 0 Å². The van der Waals surface area contributed by atoms with Gasteiger partial charge in [0.2, 0.25) is 0 Å². The Hall–Kier alpha value is -2.92. The molecule has 0 spiro atoms. The lowest BCUT2D eigenvalue weighted by Gasteiger charge is -2.30. The maximum absolute atomic E-state index is 13.0. The fourth-order valence-electron chi connectivity index (χ4n) is 4.50. The van der Waals surface area contributed by atoms with Gasteiger partial charge in [0, 0.05) is 43.2 Å². The average molecular weight is 387 g/mol. The summed E-state index contributed by atoms with van der Waals surface area (Å²) >= 11 is 0. The van der Waals surface area contributed by atoms with Crippen molar-refractivity contribution in [3.8, 4) is 0 Å². The van der Waals surface area contributed by atoms with Crippen LogP contribution < -0.4 is 0 Å². The van der Waals surface area contributed by atoms with E-state index in [-0.39, 0.29) is 11.8 Å². The minimum atomic E-state index is -0.0621. The van der Waals surface area contributed by atoms with E-state index < -0.39 is 0 Å². The number of fused-ring (bicyclic) bond motifs is 2. The van der Waals surface area contributed by atoms with E-state index in [0.29, 0.717) is 5.56 Å². The highest BCUT2D eigenvalue weighted by Gasteiger charge is 2.26. The molecule has 29 heavy (non-hydrogen) atoms. The Kier molecular flexibility index (Phi) is 4.68. The number of aromatic nitrogens is 1. The maximum atomic E-state index is 13.0. The molecule has 5 rings (SSSR count). The van der Waals surface area contributed by atoms with E-state index in [1.165, 1.54) is 12.8 Å². The van der Waals surface area contributed by atoms with Gasteiger partial charge in [0.15, 0.2) is 0 Å². The van der Waals surface area contributed by atoms with E-state index in [1.54, 1.807) is 10.6 Å². The zero-order chi connectivity index (χ0) is 19.8. The summed E-state index contributed by atoms with van der Waals surface area (Å²) < 4.78 is 1.64. The molecule has 2 aliphatic rings. The van der Waals surface area contributed by atoms with Crippen molar-refractivity contribution in [1.82, 2.24) is 14.4 Å². The molecule has 5 nitrogen and oxygen atoms in total. The van der Waals surface area contributed by atoms with Crippen LogP contribution in [0, 0.1) is 0 Å². The van der Waals surface area contributed by atoms with Crippen LogP contribution in [0.2, 0.25) is 0 Å². The Balaban J connectivity index is 1.33. The molecule has 0 bridgehead atoms. The summed E-state index contributed by atoms with van der Waals surface area (Å²) in [5.41, 5.74) is 2.35. The van der Waals surface area contributed by atoms with Crippen LogP contribution in [0.5, 0.6) is 0 Å². The van der Waals surface area contributed by atoms with Crippen molar-refractivity contribution >= 4 is 22.6 Å². The van der Waals surface area contributed by atoms with Gasteiger partial charge >= 0.3 is 0 Å². The highest BCUT2D eigenvalue weighted by Crippen LogP contribution is 2.22. The monoisotopic (exact) mass is 387 g/mol. The zero-order valence-electron chi connectivity index (χ0n) is 16.5. The predicted molar refractivity (Wildman–Crippen MR) is 113 cm³/mol. The average Bonchev–Trinajstić information content (AvgIpc) is 3.42. The van der Waals surface area contributed by atoms with Crippen molar-refractivity contribution < 1.29 is 9.59 Å². The molecule has 0 saturated carbocycles. The molecule has 1 aromatic heterocycles. The number of hydrogen-bond acceptors (Lipinski definition) is 3. The third kappa shape index (κ3) is 3.47. The quantitative estimate of drug-likeness (QED) is 0.689. The highest BCUT2D eigenvalue weighted by molar-refractivity contribution is 6.02. The second-order valence-corrected chi connectivity index (χ2v) is 8.06. The lowest BCUT2D eigenvalue weighted by Crippen LogP contribution is -2.42. The summed E-state index contributed by atoms with van der Waals surface area (Å²) in [4.78, 5) is 30.3. The second kappa shape index (κ2) is 7.48. The summed E-state index contributed by atoms with van der Waals surface area (Å²) in [5, 5.41) is 2.09. The summed E-state index contributed by atoms with van der Waals surface area (Å²) in [6.45, 7) is 4.77. The Morgan fingerprint density at radius 2 is 1.62 bits per heavy atom. The van der Waals surface area contributed by atoms with Crippen molar-refractivity contribution in [2.75, 3.05) is 32.7 Å². The van der Waals surface area contributed by atoms with Gasteiger partial charge in [-0.2, -0.15) is 0 Å². The molecule has 0 N–H and O–H groups in total.